The first kappa shape index (κ1) is 17.1. The van der Waals surface area contributed by atoms with Crippen molar-refractivity contribution in [3.05, 3.63) is 94.5 Å². The van der Waals surface area contributed by atoms with Gasteiger partial charge < -0.3 is 15.1 Å². The molecule has 0 spiro atoms. The molecule has 0 saturated carbocycles. The summed E-state index contributed by atoms with van der Waals surface area (Å²) in [6.45, 7) is 0. The highest BCUT2D eigenvalue weighted by Gasteiger charge is 2.36. The Bertz CT molecular complexity index is 1050. The highest BCUT2D eigenvalue weighted by atomic mass is 35.5. The van der Waals surface area contributed by atoms with Gasteiger partial charge in [-0.15, -0.1) is 0 Å². The molecule has 1 aromatic heterocycles. The number of carbonyl (C=O) groups is 1. The fourth-order valence-electron chi connectivity index (χ4n) is 4.12. The van der Waals surface area contributed by atoms with Crippen LogP contribution in [0.15, 0.2) is 82.6 Å². The second kappa shape index (κ2) is 6.88. The number of allylic oxidation sites excluding steroid dienone is 1. The normalized spacial score (nSPS) is 21.2. The lowest BCUT2D eigenvalue weighted by molar-refractivity contribution is -0.116. The Morgan fingerprint density at radius 3 is 2.46 bits per heavy atom. The van der Waals surface area contributed by atoms with Gasteiger partial charge in [0.15, 0.2) is 5.78 Å². The molecule has 1 aliphatic carbocycles. The van der Waals surface area contributed by atoms with Crippen molar-refractivity contribution in [1.82, 2.24) is 0 Å². The van der Waals surface area contributed by atoms with Gasteiger partial charge in [0.2, 0.25) is 0 Å². The van der Waals surface area contributed by atoms with Crippen molar-refractivity contribution in [1.29, 1.82) is 0 Å². The summed E-state index contributed by atoms with van der Waals surface area (Å²) in [5.74, 6) is 1.04. The Morgan fingerprint density at radius 1 is 0.929 bits per heavy atom. The minimum absolute atomic E-state index is 0.0462. The molecule has 0 bridgehead atoms. The van der Waals surface area contributed by atoms with Crippen molar-refractivity contribution in [3.63, 3.8) is 0 Å². The van der Waals surface area contributed by atoms with Crippen LogP contribution in [-0.4, -0.2) is 5.78 Å². The number of furan rings is 1. The highest BCUT2D eigenvalue weighted by molar-refractivity contribution is 6.30. The summed E-state index contributed by atoms with van der Waals surface area (Å²) in [5, 5.41) is 7.77. The summed E-state index contributed by atoms with van der Waals surface area (Å²) in [6.07, 6.45) is 2.84. The van der Waals surface area contributed by atoms with Crippen molar-refractivity contribution in [3.8, 4) is 0 Å². The molecule has 0 saturated heterocycles. The van der Waals surface area contributed by atoms with Crippen LogP contribution in [0.25, 0.3) is 0 Å². The number of para-hydroxylation sites is 2. The van der Waals surface area contributed by atoms with E-state index in [2.05, 4.69) is 10.6 Å². The maximum atomic E-state index is 13.3. The summed E-state index contributed by atoms with van der Waals surface area (Å²) in [4.78, 5) is 13.3. The lowest BCUT2D eigenvalue weighted by Crippen LogP contribution is -2.26. The minimum atomic E-state index is -0.228. The van der Waals surface area contributed by atoms with Gasteiger partial charge in [-0.25, -0.2) is 0 Å². The lowest BCUT2D eigenvalue weighted by atomic mass is 9.80. The summed E-state index contributed by atoms with van der Waals surface area (Å²) in [7, 11) is 0. The molecule has 0 amide bonds. The number of Topliss-reactive ketones (excluding diaryl/α,β-unsaturated/α-hetero) is 1. The van der Waals surface area contributed by atoms with E-state index in [0.717, 1.165) is 40.4 Å². The van der Waals surface area contributed by atoms with E-state index in [1.54, 1.807) is 6.26 Å². The molecule has 5 heteroatoms. The van der Waals surface area contributed by atoms with Gasteiger partial charge in [0.05, 0.1) is 23.7 Å². The molecule has 2 heterocycles. The third-order valence-corrected chi connectivity index (χ3v) is 5.71. The van der Waals surface area contributed by atoms with Crippen LogP contribution in [0.3, 0.4) is 0 Å². The third-order valence-electron chi connectivity index (χ3n) is 5.46. The largest absolute Gasteiger partial charge is 0.469 e. The van der Waals surface area contributed by atoms with E-state index in [9.17, 15) is 4.79 Å². The van der Waals surface area contributed by atoms with E-state index in [1.807, 2.05) is 60.7 Å². The van der Waals surface area contributed by atoms with Gasteiger partial charge in [0, 0.05) is 28.6 Å². The average molecular weight is 391 g/mol. The zero-order valence-corrected chi connectivity index (χ0v) is 15.9. The summed E-state index contributed by atoms with van der Waals surface area (Å²) < 4.78 is 5.59. The van der Waals surface area contributed by atoms with E-state index in [-0.39, 0.29) is 17.7 Å². The second-order valence-corrected chi connectivity index (χ2v) is 7.67. The Morgan fingerprint density at radius 2 is 1.71 bits per heavy atom. The van der Waals surface area contributed by atoms with Crippen LogP contribution in [0.4, 0.5) is 11.4 Å². The number of carbonyl (C=O) groups excluding carboxylic acids is 1. The number of anilines is 2. The molecule has 4 nitrogen and oxygen atoms in total. The van der Waals surface area contributed by atoms with Crippen LogP contribution in [0.2, 0.25) is 5.02 Å². The lowest BCUT2D eigenvalue weighted by Gasteiger charge is -2.28. The van der Waals surface area contributed by atoms with E-state index in [1.165, 1.54) is 0 Å². The number of halogens is 1. The van der Waals surface area contributed by atoms with Gasteiger partial charge in [0.25, 0.3) is 0 Å². The molecule has 5 rings (SSSR count). The van der Waals surface area contributed by atoms with E-state index < -0.39 is 0 Å². The monoisotopic (exact) mass is 390 g/mol. The maximum absolute atomic E-state index is 13.3. The molecular weight excluding hydrogens is 372 g/mol. The highest BCUT2D eigenvalue weighted by Crippen LogP contribution is 2.44. The molecule has 0 radical (unpaired) electrons. The Kier molecular flexibility index (Phi) is 4.21. The van der Waals surface area contributed by atoms with Crippen LogP contribution in [0, 0.1) is 0 Å². The van der Waals surface area contributed by atoms with Crippen molar-refractivity contribution in [2.75, 3.05) is 10.6 Å². The third kappa shape index (κ3) is 3.00. The zero-order valence-electron chi connectivity index (χ0n) is 15.1. The minimum Gasteiger partial charge on any atom is -0.469 e. The second-order valence-electron chi connectivity index (χ2n) is 7.24. The Balaban J connectivity index is 1.62. The van der Waals surface area contributed by atoms with Crippen molar-refractivity contribution >= 4 is 28.8 Å². The number of ketones is 1. The van der Waals surface area contributed by atoms with Crippen molar-refractivity contribution in [2.45, 2.75) is 24.8 Å². The fraction of sp³-hybridized carbons (Fsp3) is 0.174. The predicted octanol–water partition coefficient (Wildman–Crippen LogP) is 5.91. The quantitative estimate of drug-likeness (QED) is 0.570. The fourth-order valence-corrected chi connectivity index (χ4v) is 4.25. The molecule has 2 atom stereocenters. The van der Waals surface area contributed by atoms with Gasteiger partial charge in [-0.2, -0.15) is 0 Å². The number of hydrogen-bond acceptors (Lipinski definition) is 4. The van der Waals surface area contributed by atoms with Gasteiger partial charge in [-0.3, -0.25) is 4.79 Å². The molecule has 2 aromatic carbocycles. The van der Waals surface area contributed by atoms with Crippen LogP contribution < -0.4 is 10.6 Å². The standard InChI is InChI=1S/C23H19ClN2O2/c24-16-9-7-14(8-10-16)23-22-19(25-17-4-1-2-5-18(17)26-23)12-15(13-20(22)27)21-6-3-11-28-21/h1-11,15,23,25-26H,12-13H2/t15-,23-/m0/s1. The molecular formula is C23H19ClN2O2. The van der Waals surface area contributed by atoms with Crippen molar-refractivity contribution < 1.29 is 9.21 Å². The summed E-state index contributed by atoms with van der Waals surface area (Å²) in [6, 6.07) is 19.3. The number of rotatable bonds is 2. The number of benzene rings is 2. The van der Waals surface area contributed by atoms with Crippen molar-refractivity contribution in [2.24, 2.45) is 0 Å². The van der Waals surface area contributed by atoms with Gasteiger partial charge in [-0.1, -0.05) is 35.9 Å². The molecule has 0 fully saturated rings. The molecule has 3 aromatic rings. The Hall–Kier alpha value is -2.98. The van der Waals surface area contributed by atoms with E-state index >= 15 is 0 Å². The van der Waals surface area contributed by atoms with Crippen LogP contribution in [-0.2, 0) is 4.79 Å². The molecule has 2 N–H and O–H groups in total. The first-order valence-corrected chi connectivity index (χ1v) is 9.74. The van der Waals surface area contributed by atoms with Crippen LogP contribution in [0.5, 0.6) is 0 Å². The molecule has 1 aliphatic heterocycles. The summed E-state index contributed by atoms with van der Waals surface area (Å²) >= 11 is 6.08. The topological polar surface area (TPSA) is 54.3 Å². The van der Waals surface area contributed by atoms with E-state index in [4.69, 9.17) is 16.0 Å². The van der Waals surface area contributed by atoms with Gasteiger partial charge in [-0.05, 0) is 48.4 Å². The first-order valence-electron chi connectivity index (χ1n) is 9.37. The molecule has 2 aliphatic rings. The average Bonchev–Trinajstić information content (AvgIpc) is 3.18. The van der Waals surface area contributed by atoms with Gasteiger partial charge in [0.1, 0.15) is 5.76 Å². The number of fused-ring (bicyclic) bond motifs is 1. The Labute approximate surface area is 168 Å². The van der Waals surface area contributed by atoms with E-state index in [0.29, 0.717) is 11.4 Å². The molecule has 0 unspecified atom stereocenters. The first-order chi connectivity index (χ1) is 13.7. The maximum Gasteiger partial charge on any atom is 0.163 e. The number of nitrogens with one attached hydrogen (secondary N) is 2. The van der Waals surface area contributed by atoms with Crippen LogP contribution >= 0.6 is 11.6 Å². The SMILES string of the molecule is O=C1C[C@@H](c2ccco2)CC2=C1[C@H](c1ccc(Cl)cc1)Nc1ccccc1N2. The molecule has 140 valence electrons. The number of hydrogen-bond donors (Lipinski definition) is 2. The smallest absolute Gasteiger partial charge is 0.163 e. The summed E-state index contributed by atoms with van der Waals surface area (Å²) in [5.41, 5.74) is 4.70. The predicted molar refractivity (Wildman–Crippen MR) is 111 cm³/mol. The van der Waals surface area contributed by atoms with Gasteiger partial charge >= 0.3 is 0 Å². The van der Waals surface area contributed by atoms with Crippen LogP contribution in [0.1, 0.15) is 36.1 Å². The molecule has 28 heavy (non-hydrogen) atoms. The zero-order chi connectivity index (χ0) is 19.1.